The van der Waals surface area contributed by atoms with Crippen LogP contribution in [0.4, 0.5) is 10.5 Å². The molecule has 0 aliphatic carbocycles. The van der Waals surface area contributed by atoms with Crippen molar-refractivity contribution >= 4 is 50.6 Å². The van der Waals surface area contributed by atoms with Crippen molar-refractivity contribution in [2.45, 2.75) is 0 Å². The Kier molecular flexibility index (Phi) is 4.04. The van der Waals surface area contributed by atoms with Gasteiger partial charge in [-0.1, -0.05) is 28.1 Å². The third kappa shape index (κ3) is 2.93. The number of nitrogens with zero attached hydrogens (tertiary/aromatic N) is 1. The first kappa shape index (κ1) is 14.9. The molecule has 0 spiro atoms. The minimum atomic E-state index is -0.360. The Morgan fingerprint density at radius 3 is 2.50 bits per heavy atom. The number of thioether (sulfide) groups is 1. The van der Waals surface area contributed by atoms with E-state index >= 15 is 0 Å². The topological polar surface area (TPSA) is 57.6 Å². The van der Waals surface area contributed by atoms with Crippen molar-refractivity contribution in [1.82, 2.24) is 0 Å². The maximum absolute atomic E-state index is 12.4. The molecule has 22 heavy (non-hydrogen) atoms. The van der Waals surface area contributed by atoms with E-state index in [9.17, 15) is 14.7 Å². The molecule has 1 N–H and O–H groups in total. The van der Waals surface area contributed by atoms with Gasteiger partial charge >= 0.3 is 0 Å². The van der Waals surface area contributed by atoms with Crippen LogP contribution in [0.25, 0.3) is 6.08 Å². The average molecular weight is 376 g/mol. The van der Waals surface area contributed by atoms with Gasteiger partial charge in [-0.05, 0) is 59.8 Å². The molecule has 1 aliphatic rings. The summed E-state index contributed by atoms with van der Waals surface area (Å²) in [4.78, 5) is 26.0. The molecule has 4 nitrogen and oxygen atoms in total. The molecule has 6 heteroatoms. The molecule has 2 amide bonds. The number of phenolic OH excluding ortho intramolecular Hbond substituents is 1. The lowest BCUT2D eigenvalue weighted by molar-refractivity contribution is -0.113. The lowest BCUT2D eigenvalue weighted by Crippen LogP contribution is -2.27. The lowest BCUT2D eigenvalue weighted by Gasteiger charge is -2.12. The van der Waals surface area contributed by atoms with Crippen LogP contribution >= 0.6 is 27.7 Å². The Labute approximate surface area is 139 Å². The Morgan fingerprint density at radius 2 is 1.82 bits per heavy atom. The summed E-state index contributed by atoms with van der Waals surface area (Å²) in [6.45, 7) is 0. The largest absolute Gasteiger partial charge is 0.508 e. The number of benzene rings is 2. The number of carbonyl (C=O) groups is 2. The van der Waals surface area contributed by atoms with E-state index in [0.29, 0.717) is 10.6 Å². The van der Waals surface area contributed by atoms with Crippen LogP contribution in [-0.2, 0) is 4.79 Å². The fourth-order valence-corrected chi connectivity index (χ4v) is 3.30. The third-order valence-corrected chi connectivity index (χ3v) is 4.41. The molecule has 3 rings (SSSR count). The number of carbonyl (C=O) groups excluding carboxylic acids is 2. The van der Waals surface area contributed by atoms with Crippen molar-refractivity contribution in [2.75, 3.05) is 4.90 Å². The number of phenols is 1. The van der Waals surface area contributed by atoms with Crippen molar-refractivity contribution < 1.29 is 14.7 Å². The molecule has 1 heterocycles. The minimum Gasteiger partial charge on any atom is -0.508 e. The summed E-state index contributed by atoms with van der Waals surface area (Å²) in [6, 6.07) is 13.4. The van der Waals surface area contributed by atoms with Crippen molar-refractivity contribution in [3.05, 3.63) is 63.5 Å². The highest BCUT2D eigenvalue weighted by Gasteiger charge is 2.36. The first-order valence-electron chi connectivity index (χ1n) is 6.37. The Balaban J connectivity index is 1.93. The fraction of sp³-hybridized carbons (Fsp3) is 0. The molecule has 0 aromatic heterocycles. The highest BCUT2D eigenvalue weighted by molar-refractivity contribution is 9.10. The van der Waals surface area contributed by atoms with Gasteiger partial charge in [-0.2, -0.15) is 0 Å². The zero-order valence-electron chi connectivity index (χ0n) is 11.2. The van der Waals surface area contributed by atoms with E-state index in [0.717, 1.165) is 26.7 Å². The SMILES string of the molecule is O=C1S/C(=C\c2cccc(Br)c2)C(=O)N1c1ccc(O)cc1. The number of imide groups is 1. The van der Waals surface area contributed by atoms with E-state index in [1.807, 2.05) is 24.3 Å². The number of amides is 2. The number of rotatable bonds is 2. The zero-order chi connectivity index (χ0) is 15.7. The van der Waals surface area contributed by atoms with Crippen molar-refractivity contribution in [3.63, 3.8) is 0 Å². The van der Waals surface area contributed by atoms with Crippen molar-refractivity contribution in [2.24, 2.45) is 0 Å². The summed E-state index contributed by atoms with van der Waals surface area (Å²) >= 11 is 4.27. The molecule has 0 radical (unpaired) electrons. The van der Waals surface area contributed by atoms with Gasteiger partial charge in [-0.25, -0.2) is 4.90 Å². The highest BCUT2D eigenvalue weighted by atomic mass is 79.9. The van der Waals surface area contributed by atoms with Gasteiger partial charge in [-0.15, -0.1) is 0 Å². The number of aromatic hydroxyl groups is 1. The van der Waals surface area contributed by atoms with E-state index < -0.39 is 0 Å². The monoisotopic (exact) mass is 375 g/mol. The van der Waals surface area contributed by atoms with E-state index in [1.54, 1.807) is 6.08 Å². The van der Waals surface area contributed by atoms with Crippen LogP contribution in [0, 0.1) is 0 Å². The fourth-order valence-electron chi connectivity index (χ4n) is 2.04. The van der Waals surface area contributed by atoms with Crippen LogP contribution in [0.15, 0.2) is 57.9 Å². The zero-order valence-corrected chi connectivity index (χ0v) is 13.6. The van der Waals surface area contributed by atoms with Gasteiger partial charge in [0.05, 0.1) is 10.6 Å². The second-order valence-electron chi connectivity index (χ2n) is 4.59. The van der Waals surface area contributed by atoms with Gasteiger partial charge in [0.15, 0.2) is 0 Å². The van der Waals surface area contributed by atoms with Crippen molar-refractivity contribution in [1.29, 1.82) is 0 Å². The standard InChI is InChI=1S/C16H10BrNO3S/c17-11-3-1-2-10(8-11)9-14-15(20)18(16(21)22-14)12-4-6-13(19)7-5-12/h1-9,19H/b14-9-. The van der Waals surface area contributed by atoms with Crippen LogP contribution in [0.2, 0.25) is 0 Å². The molecule has 0 bridgehead atoms. The summed E-state index contributed by atoms with van der Waals surface area (Å²) in [5, 5.41) is 8.94. The maximum atomic E-state index is 12.4. The summed E-state index contributed by atoms with van der Waals surface area (Å²) in [5.74, 6) is -0.277. The summed E-state index contributed by atoms with van der Waals surface area (Å²) < 4.78 is 0.902. The van der Waals surface area contributed by atoms with Gasteiger partial charge in [-0.3, -0.25) is 9.59 Å². The van der Waals surface area contributed by atoms with Gasteiger partial charge in [0.25, 0.3) is 11.1 Å². The summed E-state index contributed by atoms with van der Waals surface area (Å²) in [6.07, 6.45) is 1.69. The second kappa shape index (κ2) is 5.98. The summed E-state index contributed by atoms with van der Waals surface area (Å²) in [5.41, 5.74) is 1.28. The third-order valence-electron chi connectivity index (χ3n) is 3.05. The van der Waals surface area contributed by atoms with E-state index in [2.05, 4.69) is 15.9 Å². The van der Waals surface area contributed by atoms with Crippen LogP contribution in [-0.4, -0.2) is 16.3 Å². The van der Waals surface area contributed by atoms with Gasteiger partial charge in [0.1, 0.15) is 5.75 Å². The molecule has 0 atom stereocenters. The van der Waals surface area contributed by atoms with Gasteiger partial charge in [0, 0.05) is 4.47 Å². The number of anilines is 1. The van der Waals surface area contributed by atoms with Crippen LogP contribution in [0.5, 0.6) is 5.75 Å². The summed E-state index contributed by atoms with van der Waals surface area (Å²) in [7, 11) is 0. The molecular formula is C16H10BrNO3S. The Hall–Kier alpha value is -2.05. The molecule has 0 unspecified atom stereocenters. The first-order chi connectivity index (χ1) is 10.5. The average Bonchev–Trinajstić information content (AvgIpc) is 2.75. The quantitative estimate of drug-likeness (QED) is 0.790. The second-order valence-corrected chi connectivity index (χ2v) is 6.50. The molecule has 110 valence electrons. The molecule has 2 aromatic rings. The normalized spacial score (nSPS) is 16.6. The molecule has 1 saturated heterocycles. The van der Waals surface area contributed by atoms with Gasteiger partial charge < -0.3 is 5.11 Å². The predicted molar refractivity (Wildman–Crippen MR) is 90.7 cm³/mol. The number of hydrogen-bond acceptors (Lipinski definition) is 4. The number of halogens is 1. The Bertz CT molecular complexity index is 786. The van der Waals surface area contributed by atoms with Crippen LogP contribution in [0.1, 0.15) is 5.56 Å². The Morgan fingerprint density at radius 1 is 1.09 bits per heavy atom. The molecular weight excluding hydrogens is 366 g/mol. The number of hydrogen-bond donors (Lipinski definition) is 1. The lowest BCUT2D eigenvalue weighted by atomic mass is 10.2. The van der Waals surface area contributed by atoms with Crippen molar-refractivity contribution in [3.8, 4) is 5.75 Å². The first-order valence-corrected chi connectivity index (χ1v) is 7.98. The molecule has 1 fully saturated rings. The van der Waals surface area contributed by atoms with E-state index in [-0.39, 0.29) is 16.9 Å². The maximum Gasteiger partial charge on any atom is 0.298 e. The predicted octanol–water partition coefficient (Wildman–Crippen LogP) is 4.40. The highest BCUT2D eigenvalue weighted by Crippen LogP contribution is 2.36. The molecule has 0 saturated carbocycles. The van der Waals surface area contributed by atoms with E-state index in [4.69, 9.17) is 0 Å². The smallest absolute Gasteiger partial charge is 0.298 e. The molecule has 1 aliphatic heterocycles. The van der Waals surface area contributed by atoms with Gasteiger partial charge in [0.2, 0.25) is 0 Å². The minimum absolute atomic E-state index is 0.0837. The van der Waals surface area contributed by atoms with Crippen LogP contribution < -0.4 is 4.90 Å². The van der Waals surface area contributed by atoms with E-state index in [1.165, 1.54) is 24.3 Å². The molecule has 2 aromatic carbocycles. The van der Waals surface area contributed by atoms with Crippen LogP contribution in [0.3, 0.4) is 0 Å².